The van der Waals surface area contributed by atoms with Gasteiger partial charge >= 0.3 is 0 Å². The van der Waals surface area contributed by atoms with Crippen LogP contribution in [-0.4, -0.2) is 9.97 Å². The Labute approximate surface area is 293 Å². The number of rotatable bonds is 9. The van der Waals surface area contributed by atoms with Crippen LogP contribution in [0.1, 0.15) is 11.1 Å². The smallest absolute Gasteiger partial charge is 0.0701 e. The van der Waals surface area contributed by atoms with Crippen molar-refractivity contribution in [2.75, 3.05) is 0 Å². The first kappa shape index (κ1) is 31.5. The zero-order chi connectivity index (χ0) is 33.6. The molecule has 5 aromatic carbocycles. The van der Waals surface area contributed by atoms with E-state index in [2.05, 4.69) is 120 Å². The Balaban J connectivity index is 1.37. The maximum atomic E-state index is 6.81. The summed E-state index contributed by atoms with van der Waals surface area (Å²) in [5.74, 6) is 0. The van der Waals surface area contributed by atoms with Crippen LogP contribution in [0.3, 0.4) is 0 Å². The molecule has 2 heterocycles. The Hall–Kier alpha value is -6.09. The molecule has 0 amide bonds. The van der Waals surface area contributed by atoms with E-state index in [1.54, 1.807) is 0 Å². The van der Waals surface area contributed by atoms with Crippen molar-refractivity contribution in [3.63, 3.8) is 0 Å². The third kappa shape index (κ3) is 6.69. The molecular weight excluding hydrogens is 616 g/mol. The van der Waals surface area contributed by atoms with Crippen LogP contribution in [0.15, 0.2) is 189 Å². The molecule has 0 aliphatic carbocycles. The van der Waals surface area contributed by atoms with Gasteiger partial charge in [-0.25, -0.2) is 0 Å². The molecule has 7 rings (SSSR count). The van der Waals surface area contributed by atoms with E-state index in [0.717, 1.165) is 78.2 Å². The molecule has 0 spiro atoms. The Morgan fingerprint density at radius 2 is 0.878 bits per heavy atom. The van der Waals surface area contributed by atoms with E-state index < -0.39 is 0 Å². The largest absolute Gasteiger partial charge is 0.256 e. The first-order valence-electron chi connectivity index (χ1n) is 16.2. The predicted molar refractivity (Wildman–Crippen MR) is 208 cm³/mol. The number of nitrogens with zero attached hydrogens (tertiary/aromatic N) is 2. The Morgan fingerprint density at radius 1 is 0.429 bits per heavy atom. The topological polar surface area (TPSA) is 25.8 Å². The van der Waals surface area contributed by atoms with E-state index in [-0.39, 0.29) is 0 Å². The Morgan fingerprint density at radius 3 is 1.41 bits per heavy atom. The lowest BCUT2D eigenvalue weighted by atomic mass is 9.87. The summed E-state index contributed by atoms with van der Waals surface area (Å²) >= 11 is 6.81. The molecule has 0 N–H and O–H groups in total. The maximum Gasteiger partial charge on any atom is 0.0701 e. The van der Waals surface area contributed by atoms with Crippen LogP contribution < -0.4 is 0 Å². The fraction of sp³-hybridized carbons (Fsp3) is 0. The van der Waals surface area contributed by atoms with Gasteiger partial charge in [0.1, 0.15) is 0 Å². The molecule has 234 valence electrons. The van der Waals surface area contributed by atoms with Gasteiger partial charge in [-0.05, 0) is 98.6 Å². The first-order valence-corrected chi connectivity index (χ1v) is 16.5. The zero-order valence-corrected chi connectivity index (χ0v) is 27.7. The quantitative estimate of drug-likeness (QED) is 0.115. The molecule has 0 fully saturated rings. The maximum absolute atomic E-state index is 6.81. The number of hydrogen-bond acceptors (Lipinski definition) is 2. The average molecular weight is 649 g/mol. The van der Waals surface area contributed by atoms with Crippen LogP contribution in [0.25, 0.3) is 67.0 Å². The molecule has 0 saturated heterocycles. The zero-order valence-electron chi connectivity index (χ0n) is 26.9. The van der Waals surface area contributed by atoms with Gasteiger partial charge in [0, 0.05) is 34.1 Å². The van der Waals surface area contributed by atoms with Crippen molar-refractivity contribution in [2.24, 2.45) is 0 Å². The van der Waals surface area contributed by atoms with Gasteiger partial charge in [0.2, 0.25) is 0 Å². The summed E-state index contributed by atoms with van der Waals surface area (Å²) in [4.78, 5) is 9.04. The molecule has 0 unspecified atom stereocenters. The van der Waals surface area contributed by atoms with Gasteiger partial charge in [-0.3, -0.25) is 9.97 Å². The number of allylic oxidation sites excluding steroid dienone is 4. The van der Waals surface area contributed by atoms with Crippen LogP contribution in [0.5, 0.6) is 0 Å². The molecule has 3 heteroatoms. The van der Waals surface area contributed by atoms with Crippen LogP contribution >= 0.6 is 11.6 Å². The monoisotopic (exact) mass is 648 g/mol. The van der Waals surface area contributed by atoms with Crippen LogP contribution in [-0.2, 0) is 0 Å². The summed E-state index contributed by atoms with van der Waals surface area (Å²) in [5, 5.41) is 0.696. The van der Waals surface area contributed by atoms with E-state index in [4.69, 9.17) is 11.6 Å². The van der Waals surface area contributed by atoms with Gasteiger partial charge in [-0.1, -0.05) is 140 Å². The molecule has 7 aromatic rings. The second kappa shape index (κ2) is 14.4. The van der Waals surface area contributed by atoms with Crippen molar-refractivity contribution in [3.8, 4) is 55.9 Å². The van der Waals surface area contributed by atoms with Gasteiger partial charge in [-0.15, -0.1) is 0 Å². The van der Waals surface area contributed by atoms with E-state index in [9.17, 15) is 0 Å². The normalized spacial score (nSPS) is 11.4. The molecule has 0 aliphatic rings. The minimum Gasteiger partial charge on any atom is -0.256 e. The van der Waals surface area contributed by atoms with Gasteiger partial charge in [0.15, 0.2) is 0 Å². The van der Waals surface area contributed by atoms with Crippen molar-refractivity contribution >= 4 is 22.7 Å². The summed E-state index contributed by atoms with van der Waals surface area (Å²) < 4.78 is 0. The lowest BCUT2D eigenvalue weighted by Crippen LogP contribution is -1.93. The van der Waals surface area contributed by atoms with Crippen molar-refractivity contribution in [1.29, 1.82) is 0 Å². The molecule has 49 heavy (non-hydrogen) atoms. The van der Waals surface area contributed by atoms with E-state index in [1.807, 2.05) is 79.1 Å². The molecule has 0 radical (unpaired) electrons. The third-order valence-electron chi connectivity index (χ3n) is 8.68. The molecule has 2 aromatic heterocycles. The van der Waals surface area contributed by atoms with Crippen molar-refractivity contribution in [1.82, 2.24) is 9.97 Å². The molecule has 0 saturated carbocycles. The highest BCUT2D eigenvalue weighted by Gasteiger charge is 2.15. The summed E-state index contributed by atoms with van der Waals surface area (Å²) in [6.45, 7) is 8.50. The SMILES string of the molecule is C=C/C(=C(\C=C)c1cc(-c2ccccc2Cl)cc(-c2ccccc2-c2ccc(-c3ccccn3)cc2)c1)c1ccc(-c2ccccn2)cc1. The number of hydrogen-bond donors (Lipinski definition) is 0. The fourth-order valence-corrected chi connectivity index (χ4v) is 6.50. The van der Waals surface area contributed by atoms with Crippen molar-refractivity contribution < 1.29 is 0 Å². The number of halogens is 1. The van der Waals surface area contributed by atoms with Gasteiger partial charge in [0.05, 0.1) is 11.4 Å². The van der Waals surface area contributed by atoms with Crippen LogP contribution in [0.4, 0.5) is 0 Å². The lowest BCUT2D eigenvalue weighted by molar-refractivity contribution is 1.33. The summed E-state index contributed by atoms with van der Waals surface area (Å²) in [6.07, 6.45) is 7.46. The minimum atomic E-state index is 0.696. The highest BCUT2D eigenvalue weighted by atomic mass is 35.5. The highest BCUT2D eigenvalue weighted by molar-refractivity contribution is 6.33. The summed E-state index contributed by atoms with van der Waals surface area (Å²) in [6, 6.07) is 52.1. The summed E-state index contributed by atoms with van der Waals surface area (Å²) in [5.41, 5.74) is 14.5. The Kier molecular flexibility index (Phi) is 9.23. The molecule has 2 nitrogen and oxygen atoms in total. The second-order valence-electron chi connectivity index (χ2n) is 11.6. The van der Waals surface area contributed by atoms with Gasteiger partial charge < -0.3 is 0 Å². The van der Waals surface area contributed by atoms with E-state index in [0.29, 0.717) is 5.02 Å². The number of benzene rings is 5. The molecule has 0 aliphatic heterocycles. The fourth-order valence-electron chi connectivity index (χ4n) is 6.25. The molecule has 0 bridgehead atoms. The lowest BCUT2D eigenvalue weighted by Gasteiger charge is -2.17. The number of pyridine rings is 2. The first-order chi connectivity index (χ1) is 24.1. The second-order valence-corrected chi connectivity index (χ2v) is 12.1. The Bertz CT molecular complexity index is 2290. The van der Waals surface area contributed by atoms with Crippen molar-refractivity contribution in [2.45, 2.75) is 0 Å². The molecule has 0 atom stereocenters. The van der Waals surface area contributed by atoms with E-state index in [1.165, 1.54) is 0 Å². The van der Waals surface area contributed by atoms with Crippen LogP contribution in [0, 0.1) is 0 Å². The van der Waals surface area contributed by atoms with Gasteiger partial charge in [-0.2, -0.15) is 0 Å². The highest BCUT2D eigenvalue weighted by Crippen LogP contribution is 2.40. The van der Waals surface area contributed by atoms with Crippen molar-refractivity contribution in [3.05, 3.63) is 206 Å². The summed E-state index contributed by atoms with van der Waals surface area (Å²) in [7, 11) is 0. The average Bonchev–Trinajstić information content (AvgIpc) is 3.18. The standard InChI is InChI=1S/C46H33ClN2/c1-3-39(32-19-23-34(24-20-32)45-17-9-11-27-48-45)40(4-2)36-29-37(31-38(30-36)43-15-7-8-16-44(43)47)42-14-6-5-13-41(42)33-21-25-35(26-22-33)46-18-10-12-28-49-46/h3-31H,1-2H2/b40-39-. The number of aromatic nitrogens is 2. The molecular formula is C46H33ClN2. The van der Waals surface area contributed by atoms with Gasteiger partial charge in [0.25, 0.3) is 0 Å². The van der Waals surface area contributed by atoms with E-state index >= 15 is 0 Å². The third-order valence-corrected chi connectivity index (χ3v) is 9.01. The minimum absolute atomic E-state index is 0.696. The predicted octanol–water partition coefficient (Wildman–Crippen LogP) is 12.7. The van der Waals surface area contributed by atoms with Crippen LogP contribution in [0.2, 0.25) is 5.02 Å².